The Balaban J connectivity index is 4.51. The van der Waals surface area contributed by atoms with Gasteiger partial charge in [0.05, 0.1) is 33.9 Å². The maximum Gasteiger partial charge on any atom is 0.472 e. The maximum absolute atomic E-state index is 12.7. The summed E-state index contributed by atoms with van der Waals surface area (Å²) in [5, 5.41) is 10.0. The number of aliphatic hydroxyl groups excluding tert-OH is 1. The molecule has 0 radical (unpaired) electrons. The fraction of sp³-hybridized carbons (Fsp3) is 0.708. The predicted octanol–water partition coefficient (Wildman–Crippen LogP) is 12.0. The SMILES string of the molecule is CC/C=C\C/C=C\CC(O)/C=C/C=C\C/C=C\CCCC(=O)O[C@H](COC(=O)CCCCCCCCC/C=C\CCCCCCCC)COP(=O)(O)OCC[N+](C)(C)C. The Hall–Kier alpha value is -2.59. The zero-order valence-electron chi connectivity index (χ0n) is 37.8. The van der Waals surface area contributed by atoms with Crippen LogP contribution in [-0.4, -0.2) is 86.1 Å². The van der Waals surface area contributed by atoms with Gasteiger partial charge in [-0.15, -0.1) is 0 Å². The Morgan fingerprint density at radius 2 is 1.19 bits per heavy atom. The first-order valence-electron chi connectivity index (χ1n) is 22.8. The number of phosphoric ester groups is 1. The number of hydrogen-bond donors (Lipinski definition) is 2. The van der Waals surface area contributed by atoms with E-state index >= 15 is 0 Å². The molecule has 0 aromatic rings. The van der Waals surface area contributed by atoms with Gasteiger partial charge in [0.25, 0.3) is 0 Å². The van der Waals surface area contributed by atoms with E-state index in [1.54, 1.807) is 6.08 Å². The third-order valence-corrected chi connectivity index (χ3v) is 10.3. The van der Waals surface area contributed by atoms with Crippen molar-refractivity contribution in [2.45, 2.75) is 174 Å². The van der Waals surface area contributed by atoms with E-state index in [1.165, 1.54) is 64.2 Å². The van der Waals surface area contributed by atoms with Crippen molar-refractivity contribution in [3.8, 4) is 0 Å². The van der Waals surface area contributed by atoms with Gasteiger partial charge in [-0.3, -0.25) is 18.6 Å². The van der Waals surface area contributed by atoms with Crippen LogP contribution in [0.5, 0.6) is 0 Å². The molecule has 59 heavy (non-hydrogen) atoms. The Labute approximate surface area is 360 Å². The fourth-order valence-corrected chi connectivity index (χ4v) is 6.46. The van der Waals surface area contributed by atoms with Crippen LogP contribution in [0.1, 0.15) is 162 Å². The van der Waals surface area contributed by atoms with E-state index in [4.69, 9.17) is 18.5 Å². The van der Waals surface area contributed by atoms with Gasteiger partial charge in [-0.1, -0.05) is 151 Å². The minimum Gasteiger partial charge on any atom is -0.462 e. The van der Waals surface area contributed by atoms with E-state index in [0.29, 0.717) is 36.7 Å². The molecule has 0 aromatic carbocycles. The average Bonchev–Trinajstić information content (AvgIpc) is 3.18. The molecule has 0 spiro atoms. The van der Waals surface area contributed by atoms with Gasteiger partial charge in [0.2, 0.25) is 0 Å². The first kappa shape index (κ1) is 56.4. The van der Waals surface area contributed by atoms with Crippen LogP contribution in [0.25, 0.3) is 0 Å². The molecule has 340 valence electrons. The molecule has 0 bridgehead atoms. The summed E-state index contributed by atoms with van der Waals surface area (Å²) in [7, 11) is 1.39. The number of phosphoric acid groups is 1. The normalized spacial score (nSPS) is 14.8. The number of carbonyl (C=O) groups is 2. The van der Waals surface area contributed by atoms with Crippen LogP contribution in [0.15, 0.2) is 72.9 Å². The molecular formula is C48H85NO9P+. The summed E-state index contributed by atoms with van der Waals surface area (Å²) in [6, 6.07) is 0. The van der Waals surface area contributed by atoms with Crippen molar-refractivity contribution in [3.05, 3.63) is 72.9 Å². The summed E-state index contributed by atoms with van der Waals surface area (Å²) < 4.78 is 34.2. The molecule has 0 aliphatic heterocycles. The molecule has 0 saturated heterocycles. The highest BCUT2D eigenvalue weighted by Crippen LogP contribution is 2.43. The van der Waals surface area contributed by atoms with Crippen LogP contribution in [0.3, 0.4) is 0 Å². The summed E-state index contributed by atoms with van der Waals surface area (Å²) in [6.45, 7) is 4.13. The minimum absolute atomic E-state index is 0.00595. The topological polar surface area (TPSA) is 129 Å². The van der Waals surface area contributed by atoms with E-state index < -0.39 is 38.6 Å². The quantitative estimate of drug-likeness (QED) is 0.0155. The van der Waals surface area contributed by atoms with Gasteiger partial charge in [0.15, 0.2) is 6.10 Å². The lowest BCUT2D eigenvalue weighted by atomic mass is 10.1. The highest BCUT2D eigenvalue weighted by atomic mass is 31.2. The Kier molecular flexibility index (Phi) is 37.8. The highest BCUT2D eigenvalue weighted by molar-refractivity contribution is 7.47. The van der Waals surface area contributed by atoms with Crippen LogP contribution < -0.4 is 0 Å². The van der Waals surface area contributed by atoms with Crippen molar-refractivity contribution in [3.63, 3.8) is 0 Å². The number of esters is 2. The van der Waals surface area contributed by atoms with Gasteiger partial charge < -0.3 is 24.0 Å². The van der Waals surface area contributed by atoms with E-state index in [-0.39, 0.29) is 26.1 Å². The van der Waals surface area contributed by atoms with Crippen LogP contribution in [0.4, 0.5) is 0 Å². The number of likely N-dealkylation sites (N-methyl/N-ethyl adjacent to an activating group) is 1. The smallest absolute Gasteiger partial charge is 0.462 e. The lowest BCUT2D eigenvalue weighted by Gasteiger charge is -2.24. The average molecular weight is 851 g/mol. The third kappa shape index (κ3) is 43.3. The van der Waals surface area contributed by atoms with Crippen molar-refractivity contribution in [1.29, 1.82) is 0 Å². The molecule has 10 nitrogen and oxygen atoms in total. The summed E-state index contributed by atoms with van der Waals surface area (Å²) in [4.78, 5) is 35.4. The largest absolute Gasteiger partial charge is 0.472 e. The lowest BCUT2D eigenvalue weighted by Crippen LogP contribution is -2.37. The molecule has 0 aliphatic rings. The summed E-state index contributed by atoms with van der Waals surface area (Å²) >= 11 is 0. The highest BCUT2D eigenvalue weighted by Gasteiger charge is 2.27. The van der Waals surface area contributed by atoms with Crippen molar-refractivity contribution in [2.24, 2.45) is 0 Å². The van der Waals surface area contributed by atoms with Gasteiger partial charge in [-0.2, -0.15) is 0 Å². The summed E-state index contributed by atoms with van der Waals surface area (Å²) in [5.74, 6) is -0.916. The van der Waals surface area contributed by atoms with Gasteiger partial charge in [-0.25, -0.2) is 4.57 Å². The van der Waals surface area contributed by atoms with Crippen molar-refractivity contribution >= 4 is 19.8 Å². The first-order chi connectivity index (χ1) is 28.4. The van der Waals surface area contributed by atoms with Gasteiger partial charge in [-0.05, 0) is 70.6 Å². The molecule has 3 atom stereocenters. The number of allylic oxidation sites excluding steroid dienone is 10. The molecule has 2 N–H and O–H groups in total. The fourth-order valence-electron chi connectivity index (χ4n) is 5.72. The van der Waals surface area contributed by atoms with Gasteiger partial charge >= 0.3 is 19.8 Å². The monoisotopic (exact) mass is 851 g/mol. The molecule has 0 aromatic heterocycles. The van der Waals surface area contributed by atoms with Crippen LogP contribution >= 0.6 is 7.82 Å². The van der Waals surface area contributed by atoms with E-state index in [2.05, 4.69) is 44.2 Å². The number of ether oxygens (including phenoxy) is 2. The number of carbonyl (C=O) groups excluding carboxylic acids is 2. The third-order valence-electron chi connectivity index (χ3n) is 9.30. The Morgan fingerprint density at radius 3 is 1.85 bits per heavy atom. The number of hydrogen-bond acceptors (Lipinski definition) is 8. The van der Waals surface area contributed by atoms with Gasteiger partial charge in [0, 0.05) is 12.8 Å². The number of rotatable bonds is 40. The zero-order chi connectivity index (χ0) is 43.7. The lowest BCUT2D eigenvalue weighted by molar-refractivity contribution is -0.870. The maximum atomic E-state index is 12.7. The molecular weight excluding hydrogens is 766 g/mol. The molecule has 0 saturated carbocycles. The molecule has 0 rings (SSSR count). The second-order valence-corrected chi connectivity index (χ2v) is 17.7. The molecule has 2 unspecified atom stereocenters. The minimum atomic E-state index is -4.41. The van der Waals surface area contributed by atoms with Crippen molar-refractivity contribution in [1.82, 2.24) is 0 Å². The Morgan fingerprint density at radius 1 is 0.627 bits per heavy atom. The molecule has 11 heteroatoms. The van der Waals surface area contributed by atoms with Crippen LogP contribution in [0, 0.1) is 0 Å². The van der Waals surface area contributed by atoms with E-state index in [1.807, 2.05) is 57.6 Å². The molecule has 0 aliphatic carbocycles. The molecule has 0 fully saturated rings. The van der Waals surface area contributed by atoms with Crippen molar-refractivity contribution in [2.75, 3.05) is 47.5 Å². The second kappa shape index (κ2) is 39.5. The Bertz CT molecular complexity index is 1250. The summed E-state index contributed by atoms with van der Waals surface area (Å²) in [6.07, 6.45) is 45.6. The number of nitrogens with zero attached hydrogens (tertiary/aromatic N) is 1. The second-order valence-electron chi connectivity index (χ2n) is 16.2. The number of unbranched alkanes of at least 4 members (excludes halogenated alkanes) is 14. The van der Waals surface area contributed by atoms with Crippen LogP contribution in [0.2, 0.25) is 0 Å². The molecule has 0 amide bonds. The first-order valence-corrected chi connectivity index (χ1v) is 24.3. The standard InChI is InChI=1S/C48H84NO9P/c1-6-8-10-12-14-15-16-17-18-19-20-21-22-23-27-31-35-39-47(51)55-43-46(44-57-59(53,54)56-42-41-49(3,4)5)58-48(52)40-36-32-28-25-24-26-30-34-38-45(50)37-33-29-13-11-9-7-2/h9,11,17-18,25-26,28-30,33-34,38,45-46,50H,6-8,10,12-16,19-24,27,31-32,35-37,39-44H2,1-5H3/p+1/b11-9-,18-17-,28-25-,30-26-,33-29-,38-34+/t45?,46-/m1/s1. The van der Waals surface area contributed by atoms with E-state index in [0.717, 1.165) is 44.9 Å². The number of aliphatic hydroxyl groups is 1. The van der Waals surface area contributed by atoms with Crippen molar-refractivity contribution < 1.29 is 47.2 Å². The van der Waals surface area contributed by atoms with Crippen LogP contribution in [-0.2, 0) is 32.7 Å². The van der Waals surface area contributed by atoms with E-state index in [9.17, 15) is 24.2 Å². The number of quaternary nitrogens is 1. The zero-order valence-corrected chi connectivity index (χ0v) is 38.7. The summed E-state index contributed by atoms with van der Waals surface area (Å²) in [5.41, 5.74) is 0. The predicted molar refractivity (Wildman–Crippen MR) is 244 cm³/mol. The molecule has 0 heterocycles. The van der Waals surface area contributed by atoms with Gasteiger partial charge in [0.1, 0.15) is 19.8 Å².